The fraction of sp³-hybridized carbons (Fsp3) is 0.333. The molecular weight excluding hydrogens is 372 g/mol. The van der Waals surface area contributed by atoms with Crippen LogP contribution in [0.2, 0.25) is 0 Å². The van der Waals surface area contributed by atoms with Gasteiger partial charge in [0.25, 0.3) is 0 Å². The monoisotopic (exact) mass is 394 g/mol. The van der Waals surface area contributed by atoms with E-state index in [1.807, 2.05) is 30.3 Å². The predicted molar refractivity (Wildman–Crippen MR) is 107 cm³/mol. The molecule has 4 N–H and O–H groups in total. The minimum Gasteiger partial charge on any atom is -0.465 e. The van der Waals surface area contributed by atoms with E-state index in [9.17, 15) is 9.90 Å². The van der Waals surface area contributed by atoms with Gasteiger partial charge in [-0.05, 0) is 56.0 Å². The zero-order chi connectivity index (χ0) is 20.1. The van der Waals surface area contributed by atoms with E-state index in [1.54, 1.807) is 17.0 Å². The van der Waals surface area contributed by atoms with Gasteiger partial charge in [0.1, 0.15) is 0 Å². The van der Waals surface area contributed by atoms with Crippen molar-refractivity contribution in [1.29, 1.82) is 0 Å². The highest BCUT2D eigenvalue weighted by molar-refractivity contribution is 5.98. The van der Waals surface area contributed by atoms with Crippen LogP contribution in [0.5, 0.6) is 11.5 Å². The second-order valence-electron chi connectivity index (χ2n) is 7.81. The SMILES string of the molecule is N/C(=N\O)c1ccc2c(c1)Oc1ccccc1N2C1CC2CCC(C1)N2C(=O)O. The molecule has 2 unspecified atom stereocenters. The van der Waals surface area contributed by atoms with Crippen LogP contribution >= 0.6 is 0 Å². The average molecular weight is 394 g/mol. The Morgan fingerprint density at radius 2 is 1.72 bits per heavy atom. The van der Waals surface area contributed by atoms with Crippen molar-refractivity contribution in [3.63, 3.8) is 0 Å². The Morgan fingerprint density at radius 1 is 1.03 bits per heavy atom. The molecule has 3 aliphatic rings. The van der Waals surface area contributed by atoms with Gasteiger partial charge in [-0.25, -0.2) is 4.79 Å². The number of fused-ring (bicyclic) bond motifs is 4. The van der Waals surface area contributed by atoms with Crippen LogP contribution in [0.25, 0.3) is 0 Å². The molecule has 29 heavy (non-hydrogen) atoms. The van der Waals surface area contributed by atoms with Crippen molar-refractivity contribution in [3.8, 4) is 11.5 Å². The van der Waals surface area contributed by atoms with Gasteiger partial charge in [-0.15, -0.1) is 0 Å². The first-order valence-corrected chi connectivity index (χ1v) is 9.76. The Kier molecular flexibility index (Phi) is 4.01. The fourth-order valence-corrected chi connectivity index (χ4v) is 5.07. The highest BCUT2D eigenvalue weighted by atomic mass is 16.5. The Balaban J connectivity index is 1.56. The molecule has 2 atom stereocenters. The first kappa shape index (κ1) is 17.7. The minimum atomic E-state index is -0.817. The summed E-state index contributed by atoms with van der Waals surface area (Å²) in [6.45, 7) is 0. The summed E-state index contributed by atoms with van der Waals surface area (Å²) in [5.74, 6) is 1.40. The summed E-state index contributed by atoms with van der Waals surface area (Å²) in [5.41, 5.74) is 8.22. The van der Waals surface area contributed by atoms with Crippen LogP contribution < -0.4 is 15.4 Å². The van der Waals surface area contributed by atoms with Gasteiger partial charge in [0.05, 0.1) is 11.4 Å². The second-order valence-corrected chi connectivity index (χ2v) is 7.81. The van der Waals surface area contributed by atoms with E-state index in [4.69, 9.17) is 15.7 Å². The first-order chi connectivity index (χ1) is 14.1. The van der Waals surface area contributed by atoms with Gasteiger partial charge in [0.2, 0.25) is 0 Å². The van der Waals surface area contributed by atoms with E-state index in [1.165, 1.54) is 0 Å². The van der Waals surface area contributed by atoms with Gasteiger partial charge >= 0.3 is 6.09 Å². The van der Waals surface area contributed by atoms with Crippen molar-refractivity contribution < 1.29 is 19.8 Å². The molecule has 0 saturated carbocycles. The number of oxime groups is 1. The Morgan fingerprint density at radius 3 is 2.41 bits per heavy atom. The Bertz CT molecular complexity index is 994. The number of nitrogens with zero attached hydrogens (tertiary/aromatic N) is 3. The molecule has 2 aromatic rings. The maximum absolute atomic E-state index is 11.7. The molecule has 0 aromatic heterocycles. The van der Waals surface area contributed by atoms with E-state index in [-0.39, 0.29) is 24.0 Å². The average Bonchev–Trinajstić information content (AvgIpc) is 3.01. The highest BCUT2D eigenvalue weighted by Crippen LogP contribution is 2.51. The molecule has 150 valence electrons. The van der Waals surface area contributed by atoms with Crippen LogP contribution in [0, 0.1) is 0 Å². The van der Waals surface area contributed by atoms with Crippen LogP contribution in [-0.2, 0) is 0 Å². The molecule has 0 spiro atoms. The van der Waals surface area contributed by atoms with Gasteiger partial charge < -0.3 is 30.6 Å². The molecular formula is C21H22N4O4. The number of piperidine rings is 1. The Hall–Kier alpha value is -3.42. The van der Waals surface area contributed by atoms with Gasteiger partial charge in [0, 0.05) is 23.7 Å². The van der Waals surface area contributed by atoms with Crippen molar-refractivity contribution in [3.05, 3.63) is 48.0 Å². The highest BCUT2D eigenvalue weighted by Gasteiger charge is 2.46. The van der Waals surface area contributed by atoms with Gasteiger partial charge in [0.15, 0.2) is 17.3 Å². The number of nitrogens with two attached hydrogens (primary N) is 1. The molecule has 3 aliphatic heterocycles. The zero-order valence-electron chi connectivity index (χ0n) is 15.7. The number of hydrogen-bond acceptors (Lipinski definition) is 5. The number of carboxylic acid groups (broad SMARTS) is 1. The van der Waals surface area contributed by atoms with Crippen LogP contribution in [0.3, 0.4) is 0 Å². The number of carbonyl (C=O) groups is 1. The number of rotatable bonds is 2. The number of anilines is 2. The van der Waals surface area contributed by atoms with E-state index < -0.39 is 6.09 Å². The molecule has 3 heterocycles. The summed E-state index contributed by atoms with van der Waals surface area (Å²) in [5, 5.41) is 21.7. The van der Waals surface area contributed by atoms with E-state index in [2.05, 4.69) is 10.1 Å². The number of ether oxygens (including phenoxy) is 1. The first-order valence-electron chi connectivity index (χ1n) is 9.76. The van der Waals surface area contributed by atoms with Crippen molar-refractivity contribution in [2.45, 2.75) is 43.8 Å². The van der Waals surface area contributed by atoms with Crippen LogP contribution in [0.1, 0.15) is 31.2 Å². The largest absolute Gasteiger partial charge is 0.465 e. The van der Waals surface area contributed by atoms with Crippen molar-refractivity contribution in [2.75, 3.05) is 4.90 Å². The quantitative estimate of drug-likeness (QED) is 0.310. The lowest BCUT2D eigenvalue weighted by Gasteiger charge is -2.45. The number of amides is 1. The molecule has 2 fully saturated rings. The Labute approximate surface area is 167 Å². The molecule has 0 aliphatic carbocycles. The maximum atomic E-state index is 11.7. The van der Waals surface area contributed by atoms with Crippen LogP contribution in [-0.4, -0.2) is 45.3 Å². The number of para-hydroxylation sites is 2. The molecule has 2 bridgehead atoms. The van der Waals surface area contributed by atoms with E-state index in [0.717, 1.165) is 42.8 Å². The second kappa shape index (κ2) is 6.58. The summed E-state index contributed by atoms with van der Waals surface area (Å²) < 4.78 is 6.12. The molecule has 2 saturated heterocycles. The lowest BCUT2D eigenvalue weighted by Crippen LogP contribution is -2.51. The summed E-state index contributed by atoms with van der Waals surface area (Å²) >= 11 is 0. The van der Waals surface area contributed by atoms with Crippen molar-refractivity contribution >= 4 is 23.3 Å². The van der Waals surface area contributed by atoms with Gasteiger partial charge in [-0.3, -0.25) is 0 Å². The summed E-state index contributed by atoms with van der Waals surface area (Å²) in [4.78, 5) is 15.6. The zero-order valence-corrected chi connectivity index (χ0v) is 15.7. The number of hydrogen-bond donors (Lipinski definition) is 3. The molecule has 5 rings (SSSR count). The topological polar surface area (TPSA) is 112 Å². The normalized spacial score (nSPS) is 25.2. The maximum Gasteiger partial charge on any atom is 0.407 e. The third-order valence-electron chi connectivity index (χ3n) is 6.26. The lowest BCUT2D eigenvalue weighted by molar-refractivity contribution is 0.0970. The molecule has 8 heteroatoms. The molecule has 1 amide bonds. The third kappa shape index (κ3) is 2.74. The summed E-state index contributed by atoms with van der Waals surface area (Å²) in [6, 6.07) is 13.6. The number of amidine groups is 1. The van der Waals surface area contributed by atoms with Gasteiger partial charge in [-0.2, -0.15) is 0 Å². The van der Waals surface area contributed by atoms with Gasteiger partial charge in [-0.1, -0.05) is 17.3 Å². The summed E-state index contributed by atoms with van der Waals surface area (Å²) in [7, 11) is 0. The van der Waals surface area contributed by atoms with Crippen molar-refractivity contribution in [2.24, 2.45) is 10.9 Å². The lowest BCUT2D eigenvalue weighted by atomic mass is 9.94. The van der Waals surface area contributed by atoms with Crippen molar-refractivity contribution in [1.82, 2.24) is 4.90 Å². The standard InChI is InChI=1S/C21H22N4O4/c22-20(23-28)12-5-8-17-19(9-12)29-18-4-2-1-3-16(18)25(17)15-10-13-6-7-14(11-15)24(13)21(26)27/h1-5,8-9,13-15,28H,6-7,10-11H2,(H2,22,23)(H,26,27). The fourth-order valence-electron chi connectivity index (χ4n) is 5.07. The van der Waals surface area contributed by atoms with E-state index in [0.29, 0.717) is 11.3 Å². The summed E-state index contributed by atoms with van der Waals surface area (Å²) in [6.07, 6.45) is 2.56. The minimum absolute atomic E-state index is 0.0228. The van der Waals surface area contributed by atoms with Crippen LogP contribution in [0.4, 0.5) is 16.2 Å². The van der Waals surface area contributed by atoms with E-state index >= 15 is 0 Å². The van der Waals surface area contributed by atoms with Crippen LogP contribution in [0.15, 0.2) is 47.6 Å². The molecule has 8 nitrogen and oxygen atoms in total. The molecule has 0 radical (unpaired) electrons. The predicted octanol–water partition coefficient (Wildman–Crippen LogP) is 3.70. The smallest absolute Gasteiger partial charge is 0.407 e. The third-order valence-corrected chi connectivity index (χ3v) is 6.26. The molecule has 2 aromatic carbocycles. The number of benzene rings is 2.